The molecule has 12 heavy (non-hydrogen) atoms. The lowest BCUT2D eigenvalue weighted by Crippen LogP contribution is -2.21. The van der Waals surface area contributed by atoms with E-state index in [1.54, 1.807) is 0 Å². The van der Waals surface area contributed by atoms with Crippen LogP contribution < -0.4 is 10.9 Å². The van der Waals surface area contributed by atoms with Crippen molar-refractivity contribution in [2.24, 2.45) is 22.7 Å². The van der Waals surface area contributed by atoms with Gasteiger partial charge in [-0.1, -0.05) is 0 Å². The van der Waals surface area contributed by atoms with Crippen molar-refractivity contribution in [3.63, 3.8) is 0 Å². The Morgan fingerprint density at radius 1 is 1.50 bits per heavy atom. The van der Waals surface area contributed by atoms with Gasteiger partial charge in [0.05, 0.1) is 12.3 Å². The quantitative estimate of drug-likeness (QED) is 0.562. The lowest BCUT2D eigenvalue weighted by atomic mass is 10.2. The van der Waals surface area contributed by atoms with Gasteiger partial charge in [-0.05, 0) is 12.3 Å². The minimum absolute atomic E-state index is 0.00815. The third-order valence-electron chi connectivity index (χ3n) is 1.98. The number of sulfonamides is 1. The van der Waals surface area contributed by atoms with Crippen LogP contribution in [0.25, 0.3) is 0 Å². The van der Waals surface area contributed by atoms with Crippen LogP contribution in [0.2, 0.25) is 0 Å². The van der Waals surface area contributed by atoms with Crippen molar-refractivity contribution in [3.8, 4) is 0 Å². The molecule has 5 nitrogen and oxygen atoms in total. The molecule has 2 atom stereocenters. The molecule has 6 heteroatoms. The van der Waals surface area contributed by atoms with E-state index >= 15 is 0 Å². The van der Waals surface area contributed by atoms with Crippen molar-refractivity contribution in [3.05, 3.63) is 0 Å². The molecule has 2 unspecified atom stereocenters. The Balaban J connectivity index is 2.39. The standard InChI is InChI=1S/C6H12N2O3S/c7-2-6(9)5-1-4(5)3-12(8,10)11/h4-5H,1-3,7H2,(H2,8,10,11). The summed E-state index contributed by atoms with van der Waals surface area (Å²) >= 11 is 0. The van der Waals surface area contributed by atoms with Crippen LogP contribution in [0, 0.1) is 11.8 Å². The van der Waals surface area contributed by atoms with E-state index in [1.165, 1.54) is 0 Å². The molecule has 0 aromatic carbocycles. The number of Topliss-reactive ketones (excluding diaryl/α,β-unsaturated/α-hetero) is 1. The first-order chi connectivity index (χ1) is 5.44. The summed E-state index contributed by atoms with van der Waals surface area (Å²) in [5.41, 5.74) is 5.11. The van der Waals surface area contributed by atoms with Gasteiger partial charge in [-0.3, -0.25) is 4.79 Å². The molecule has 0 radical (unpaired) electrons. The van der Waals surface area contributed by atoms with Crippen molar-refractivity contribution in [1.82, 2.24) is 0 Å². The molecule has 1 aliphatic carbocycles. The molecule has 0 aliphatic heterocycles. The van der Waals surface area contributed by atoms with E-state index in [2.05, 4.69) is 0 Å². The number of rotatable bonds is 4. The average Bonchev–Trinajstić information content (AvgIpc) is 2.62. The number of carbonyl (C=O) groups excluding carboxylic acids is 1. The van der Waals surface area contributed by atoms with E-state index in [-0.39, 0.29) is 29.9 Å². The fourth-order valence-electron chi connectivity index (χ4n) is 1.28. The first-order valence-electron chi connectivity index (χ1n) is 3.67. The maximum atomic E-state index is 10.9. The maximum absolute atomic E-state index is 10.9. The van der Waals surface area contributed by atoms with Crippen molar-refractivity contribution >= 4 is 15.8 Å². The molecule has 1 rings (SSSR count). The smallest absolute Gasteiger partial charge is 0.209 e. The zero-order valence-corrected chi connectivity index (χ0v) is 7.38. The summed E-state index contributed by atoms with van der Waals surface area (Å²) in [6, 6.07) is 0. The third kappa shape index (κ3) is 2.54. The molecule has 0 amide bonds. The normalized spacial score (nSPS) is 28.5. The molecule has 0 bridgehead atoms. The molecule has 0 spiro atoms. The van der Waals surface area contributed by atoms with Crippen LogP contribution in [0.15, 0.2) is 0 Å². The molecular weight excluding hydrogens is 180 g/mol. The van der Waals surface area contributed by atoms with Gasteiger partial charge in [0.2, 0.25) is 10.0 Å². The average molecular weight is 192 g/mol. The Kier molecular flexibility index (Phi) is 2.50. The van der Waals surface area contributed by atoms with Gasteiger partial charge in [0.15, 0.2) is 0 Å². The number of hydrogen-bond donors (Lipinski definition) is 2. The molecule has 70 valence electrons. The monoisotopic (exact) mass is 192 g/mol. The zero-order chi connectivity index (χ0) is 9.35. The molecule has 0 aromatic heterocycles. The summed E-state index contributed by atoms with van der Waals surface area (Å²) in [5.74, 6) is -0.406. The number of hydrogen-bond acceptors (Lipinski definition) is 4. The van der Waals surface area contributed by atoms with E-state index < -0.39 is 10.0 Å². The van der Waals surface area contributed by atoms with Crippen LogP contribution in [0.3, 0.4) is 0 Å². The summed E-state index contributed by atoms with van der Waals surface area (Å²) < 4.78 is 21.1. The fraction of sp³-hybridized carbons (Fsp3) is 0.833. The van der Waals surface area contributed by atoms with Gasteiger partial charge in [-0.2, -0.15) is 0 Å². The fourth-order valence-corrected chi connectivity index (χ4v) is 2.24. The Morgan fingerprint density at radius 3 is 2.50 bits per heavy atom. The number of nitrogens with two attached hydrogens (primary N) is 2. The number of ketones is 1. The Bertz CT molecular complexity index is 285. The highest BCUT2D eigenvalue weighted by Crippen LogP contribution is 2.39. The first-order valence-corrected chi connectivity index (χ1v) is 5.39. The largest absolute Gasteiger partial charge is 0.324 e. The van der Waals surface area contributed by atoms with E-state index in [1.807, 2.05) is 0 Å². The second kappa shape index (κ2) is 3.12. The zero-order valence-electron chi connectivity index (χ0n) is 6.56. The minimum atomic E-state index is -3.43. The van der Waals surface area contributed by atoms with Crippen molar-refractivity contribution in [1.29, 1.82) is 0 Å². The van der Waals surface area contributed by atoms with E-state index in [4.69, 9.17) is 10.9 Å². The van der Waals surface area contributed by atoms with Gasteiger partial charge in [-0.15, -0.1) is 0 Å². The molecule has 4 N–H and O–H groups in total. The highest BCUT2D eigenvalue weighted by molar-refractivity contribution is 7.89. The van der Waals surface area contributed by atoms with Crippen molar-refractivity contribution < 1.29 is 13.2 Å². The van der Waals surface area contributed by atoms with Gasteiger partial charge < -0.3 is 5.73 Å². The maximum Gasteiger partial charge on any atom is 0.209 e. The van der Waals surface area contributed by atoms with Crippen molar-refractivity contribution in [2.45, 2.75) is 6.42 Å². The van der Waals surface area contributed by atoms with E-state index in [0.717, 1.165) is 0 Å². The second-order valence-corrected chi connectivity index (χ2v) is 4.76. The van der Waals surface area contributed by atoms with E-state index in [0.29, 0.717) is 6.42 Å². The SMILES string of the molecule is NCC(=O)C1CC1CS(N)(=O)=O. The Labute approximate surface area is 71.2 Å². The highest BCUT2D eigenvalue weighted by atomic mass is 32.2. The van der Waals surface area contributed by atoms with Gasteiger partial charge >= 0.3 is 0 Å². The Morgan fingerprint density at radius 2 is 2.08 bits per heavy atom. The third-order valence-corrected chi connectivity index (χ3v) is 2.88. The van der Waals surface area contributed by atoms with Gasteiger partial charge in [0.1, 0.15) is 5.78 Å². The van der Waals surface area contributed by atoms with Crippen LogP contribution in [0.4, 0.5) is 0 Å². The molecule has 1 fully saturated rings. The summed E-state index contributed by atoms with van der Waals surface area (Å²) in [6.45, 7) is -0.00815. The number of carbonyl (C=O) groups is 1. The molecule has 0 heterocycles. The van der Waals surface area contributed by atoms with Crippen LogP contribution in [0.1, 0.15) is 6.42 Å². The summed E-state index contributed by atoms with van der Waals surface area (Å²) in [7, 11) is -3.43. The van der Waals surface area contributed by atoms with Gasteiger partial charge in [0, 0.05) is 5.92 Å². The molecule has 1 saturated carbocycles. The molecular formula is C6H12N2O3S. The predicted molar refractivity (Wildman–Crippen MR) is 43.6 cm³/mol. The van der Waals surface area contributed by atoms with Crippen LogP contribution >= 0.6 is 0 Å². The topological polar surface area (TPSA) is 103 Å². The van der Waals surface area contributed by atoms with Crippen molar-refractivity contribution in [2.75, 3.05) is 12.3 Å². The molecule has 1 aliphatic rings. The lowest BCUT2D eigenvalue weighted by Gasteiger charge is -1.95. The van der Waals surface area contributed by atoms with Gasteiger partial charge in [-0.25, -0.2) is 13.6 Å². The van der Waals surface area contributed by atoms with E-state index in [9.17, 15) is 13.2 Å². The minimum Gasteiger partial charge on any atom is -0.324 e. The Hall–Kier alpha value is -0.460. The van der Waals surface area contributed by atoms with Gasteiger partial charge in [0.25, 0.3) is 0 Å². The van der Waals surface area contributed by atoms with Crippen LogP contribution in [-0.2, 0) is 14.8 Å². The second-order valence-electron chi connectivity index (χ2n) is 3.10. The lowest BCUT2D eigenvalue weighted by molar-refractivity contribution is -0.119. The summed E-state index contributed by atoms with van der Waals surface area (Å²) in [5, 5.41) is 4.81. The first kappa shape index (κ1) is 9.63. The molecule has 0 aromatic rings. The predicted octanol–water partition coefficient (Wildman–Crippen LogP) is -1.56. The summed E-state index contributed by atoms with van der Waals surface area (Å²) in [6.07, 6.45) is 0.618. The highest BCUT2D eigenvalue weighted by Gasteiger charge is 2.43. The summed E-state index contributed by atoms with van der Waals surface area (Å²) in [4.78, 5) is 10.9. The van der Waals surface area contributed by atoms with Crippen LogP contribution in [-0.4, -0.2) is 26.5 Å². The van der Waals surface area contributed by atoms with Crippen LogP contribution in [0.5, 0.6) is 0 Å². The molecule has 0 saturated heterocycles. The number of primary sulfonamides is 1.